The quantitative estimate of drug-likeness (QED) is 0.435. The smallest absolute Gasteiger partial charge is 0.330 e. The van der Waals surface area contributed by atoms with Crippen LogP contribution in [0.4, 0.5) is 0 Å². The predicted octanol–water partition coefficient (Wildman–Crippen LogP) is 0.0980. The molecule has 0 radical (unpaired) electrons. The maximum absolute atomic E-state index is 10.4. The number of esters is 1. The molecule has 3 heteroatoms. The van der Waals surface area contributed by atoms with Gasteiger partial charge in [0, 0.05) is 6.08 Å². The van der Waals surface area contributed by atoms with Crippen molar-refractivity contribution in [2.75, 3.05) is 13.2 Å². The number of hydrogen-bond donors (Lipinski definition) is 1. The van der Waals surface area contributed by atoms with Gasteiger partial charge in [-0.25, -0.2) is 4.79 Å². The lowest BCUT2D eigenvalue weighted by atomic mass is 10.5. The largest absolute Gasteiger partial charge is 0.460 e. The third-order valence-corrected chi connectivity index (χ3v) is 0.638. The molecule has 0 bridgehead atoms. The summed E-state index contributed by atoms with van der Waals surface area (Å²) < 4.78 is 4.46. The summed E-state index contributed by atoms with van der Waals surface area (Å²) >= 11 is 0. The first-order valence-corrected chi connectivity index (χ1v) is 2.71. The second kappa shape index (κ2) is 5.31. The molecule has 0 atom stereocenters. The van der Waals surface area contributed by atoms with Crippen LogP contribution < -0.4 is 0 Å². The Bertz CT molecular complexity index is 107. The first-order chi connectivity index (χ1) is 4.31. The van der Waals surface area contributed by atoms with Gasteiger partial charge in [-0.3, -0.25) is 0 Å². The third kappa shape index (κ3) is 5.03. The molecule has 0 rings (SSSR count). The molecule has 9 heavy (non-hydrogen) atoms. The molecule has 0 aliphatic carbocycles. The van der Waals surface area contributed by atoms with Gasteiger partial charge in [-0.05, 0) is 6.92 Å². The summed E-state index contributed by atoms with van der Waals surface area (Å²) in [6.45, 7) is 1.67. The van der Waals surface area contributed by atoms with E-state index in [-0.39, 0.29) is 13.2 Å². The number of aliphatic hydroxyl groups is 1. The van der Waals surface area contributed by atoms with Gasteiger partial charge in [0.25, 0.3) is 0 Å². The number of aliphatic hydroxyl groups excluding tert-OH is 1. The average molecular weight is 130 g/mol. The Balaban J connectivity index is 3.27. The molecule has 0 saturated carbocycles. The second-order valence-corrected chi connectivity index (χ2v) is 1.39. The SMILES string of the molecule is CC=CC(=O)OCCO. The summed E-state index contributed by atoms with van der Waals surface area (Å²) in [7, 11) is 0. The molecule has 0 unspecified atom stereocenters. The summed E-state index contributed by atoms with van der Waals surface area (Å²) in [6.07, 6.45) is 2.88. The molecule has 0 spiro atoms. The maximum Gasteiger partial charge on any atom is 0.330 e. The number of ether oxygens (including phenoxy) is 1. The second-order valence-electron chi connectivity index (χ2n) is 1.39. The Kier molecular flexibility index (Phi) is 4.82. The van der Waals surface area contributed by atoms with Crippen molar-refractivity contribution >= 4 is 5.97 Å². The maximum atomic E-state index is 10.4. The van der Waals surface area contributed by atoms with E-state index in [4.69, 9.17) is 5.11 Å². The van der Waals surface area contributed by atoms with E-state index < -0.39 is 5.97 Å². The molecule has 0 aromatic carbocycles. The highest BCUT2D eigenvalue weighted by atomic mass is 16.5. The molecule has 1 N–H and O–H groups in total. The fourth-order valence-corrected chi connectivity index (χ4v) is 0.330. The van der Waals surface area contributed by atoms with Crippen molar-refractivity contribution < 1.29 is 14.6 Å². The van der Waals surface area contributed by atoms with Crippen molar-refractivity contribution in [3.8, 4) is 0 Å². The predicted molar refractivity (Wildman–Crippen MR) is 32.9 cm³/mol. The fourth-order valence-electron chi connectivity index (χ4n) is 0.330. The van der Waals surface area contributed by atoms with Crippen molar-refractivity contribution in [2.45, 2.75) is 6.92 Å². The van der Waals surface area contributed by atoms with E-state index in [2.05, 4.69) is 4.74 Å². The van der Waals surface area contributed by atoms with Crippen LogP contribution in [-0.4, -0.2) is 24.3 Å². The van der Waals surface area contributed by atoms with Crippen molar-refractivity contribution in [3.63, 3.8) is 0 Å². The van der Waals surface area contributed by atoms with E-state index >= 15 is 0 Å². The molecule has 0 aliphatic rings. The van der Waals surface area contributed by atoms with E-state index in [1.54, 1.807) is 13.0 Å². The molecular weight excluding hydrogens is 120 g/mol. The average Bonchev–Trinajstić information content (AvgIpc) is 1.85. The molecule has 0 aromatic heterocycles. The highest BCUT2D eigenvalue weighted by Crippen LogP contribution is 1.79. The van der Waals surface area contributed by atoms with Crippen LogP contribution in [0.25, 0.3) is 0 Å². The van der Waals surface area contributed by atoms with Gasteiger partial charge in [0.15, 0.2) is 0 Å². The number of hydrogen-bond acceptors (Lipinski definition) is 3. The van der Waals surface area contributed by atoms with Crippen LogP contribution in [0, 0.1) is 0 Å². The van der Waals surface area contributed by atoms with Crippen molar-refractivity contribution in [1.82, 2.24) is 0 Å². The van der Waals surface area contributed by atoms with Gasteiger partial charge in [-0.2, -0.15) is 0 Å². The minimum Gasteiger partial charge on any atom is -0.460 e. The summed E-state index contributed by atoms with van der Waals surface area (Å²) in [5.41, 5.74) is 0. The van der Waals surface area contributed by atoms with E-state index in [1.165, 1.54) is 6.08 Å². The van der Waals surface area contributed by atoms with Crippen LogP contribution in [0.3, 0.4) is 0 Å². The summed E-state index contributed by atoms with van der Waals surface area (Å²) in [5.74, 6) is -0.411. The van der Waals surface area contributed by atoms with Crippen LogP contribution in [0.15, 0.2) is 12.2 Å². The minimum absolute atomic E-state index is 0.0726. The Morgan fingerprint density at radius 1 is 1.78 bits per heavy atom. The molecule has 0 aliphatic heterocycles. The van der Waals surface area contributed by atoms with Gasteiger partial charge in [0.2, 0.25) is 0 Å². The number of carbonyl (C=O) groups is 1. The molecule has 0 fully saturated rings. The normalized spacial score (nSPS) is 10.0. The van der Waals surface area contributed by atoms with Crippen LogP contribution in [0.2, 0.25) is 0 Å². The highest BCUT2D eigenvalue weighted by molar-refractivity contribution is 5.81. The van der Waals surface area contributed by atoms with Gasteiger partial charge in [0.1, 0.15) is 6.61 Å². The molecule has 0 heterocycles. The molecule has 0 amide bonds. The summed E-state index contributed by atoms with van der Waals surface area (Å²) in [4.78, 5) is 10.4. The number of rotatable bonds is 3. The van der Waals surface area contributed by atoms with Crippen LogP contribution >= 0.6 is 0 Å². The van der Waals surface area contributed by atoms with E-state index in [9.17, 15) is 4.79 Å². The monoisotopic (exact) mass is 130 g/mol. The minimum atomic E-state index is -0.411. The highest BCUT2D eigenvalue weighted by Gasteiger charge is 1.91. The standard InChI is InChI=1S/C6H10O3/c1-2-3-6(8)9-5-4-7/h2-3,7H,4-5H2,1H3. The zero-order valence-corrected chi connectivity index (χ0v) is 5.33. The molecule has 52 valence electrons. The van der Waals surface area contributed by atoms with E-state index in [0.29, 0.717) is 0 Å². The van der Waals surface area contributed by atoms with Crippen molar-refractivity contribution in [1.29, 1.82) is 0 Å². The third-order valence-electron chi connectivity index (χ3n) is 0.638. The Hall–Kier alpha value is -0.830. The number of carbonyl (C=O) groups excluding carboxylic acids is 1. The Morgan fingerprint density at radius 3 is 2.89 bits per heavy atom. The van der Waals surface area contributed by atoms with Gasteiger partial charge in [-0.1, -0.05) is 6.08 Å². The van der Waals surface area contributed by atoms with Gasteiger partial charge in [-0.15, -0.1) is 0 Å². The van der Waals surface area contributed by atoms with E-state index in [1.807, 2.05) is 0 Å². The zero-order valence-electron chi connectivity index (χ0n) is 5.33. The van der Waals surface area contributed by atoms with Crippen LogP contribution in [-0.2, 0) is 9.53 Å². The van der Waals surface area contributed by atoms with Gasteiger partial charge >= 0.3 is 5.97 Å². The topological polar surface area (TPSA) is 46.5 Å². The zero-order chi connectivity index (χ0) is 7.11. The molecule has 0 aromatic rings. The van der Waals surface area contributed by atoms with E-state index in [0.717, 1.165) is 0 Å². The fraction of sp³-hybridized carbons (Fsp3) is 0.500. The van der Waals surface area contributed by atoms with Gasteiger partial charge < -0.3 is 9.84 Å². The van der Waals surface area contributed by atoms with Crippen molar-refractivity contribution in [2.24, 2.45) is 0 Å². The first-order valence-electron chi connectivity index (χ1n) is 2.71. The lowest BCUT2D eigenvalue weighted by Gasteiger charge is -1.95. The molecular formula is C6H10O3. The Morgan fingerprint density at radius 2 is 2.44 bits per heavy atom. The molecule has 0 saturated heterocycles. The van der Waals surface area contributed by atoms with Gasteiger partial charge in [0.05, 0.1) is 6.61 Å². The lowest BCUT2D eigenvalue weighted by Crippen LogP contribution is -2.04. The van der Waals surface area contributed by atoms with Crippen LogP contribution in [0.5, 0.6) is 0 Å². The number of allylic oxidation sites excluding steroid dienone is 1. The summed E-state index contributed by atoms with van der Waals surface area (Å²) in [5, 5.41) is 8.18. The lowest BCUT2D eigenvalue weighted by molar-refractivity contribution is -0.138. The summed E-state index contributed by atoms with van der Waals surface area (Å²) in [6, 6.07) is 0. The Labute approximate surface area is 53.9 Å². The van der Waals surface area contributed by atoms with Crippen LogP contribution in [0.1, 0.15) is 6.92 Å². The molecule has 3 nitrogen and oxygen atoms in total. The van der Waals surface area contributed by atoms with Crippen molar-refractivity contribution in [3.05, 3.63) is 12.2 Å². The first kappa shape index (κ1) is 8.17.